The molecular weight excluding hydrogens is 162 g/mol. The Bertz CT molecular complexity index is 305. The lowest BCUT2D eigenvalue weighted by Gasteiger charge is -1.99. The Morgan fingerprint density at radius 2 is 2.15 bits per heavy atom. The molecule has 0 saturated heterocycles. The van der Waals surface area contributed by atoms with Gasteiger partial charge < -0.3 is 4.74 Å². The average Bonchev–Trinajstić information content (AvgIpc) is 2.67. The first-order valence-electron chi connectivity index (χ1n) is 4.66. The van der Waals surface area contributed by atoms with Crippen LogP contribution in [0.1, 0.15) is 18.9 Å². The minimum atomic E-state index is 0.357. The number of nitrogens with zero attached hydrogens (tertiary/aromatic N) is 1. The first-order valence-corrected chi connectivity index (χ1v) is 4.66. The predicted molar refractivity (Wildman–Crippen MR) is 53.0 cm³/mol. The molecular formula is C11H13NO. The number of aliphatic imine (C=N–C) groups is 1. The summed E-state index contributed by atoms with van der Waals surface area (Å²) in [4.78, 5) is 4.47. The Hall–Kier alpha value is -1.31. The van der Waals surface area contributed by atoms with Crippen molar-refractivity contribution in [3.05, 3.63) is 35.9 Å². The highest BCUT2D eigenvalue weighted by Gasteiger charge is 2.17. The zero-order valence-electron chi connectivity index (χ0n) is 7.73. The smallest absolute Gasteiger partial charge is 0.216 e. The van der Waals surface area contributed by atoms with Crippen molar-refractivity contribution in [3.63, 3.8) is 0 Å². The standard InChI is InChI=1S/C11H13NO/c1-2-10-8-13-11(12-10)9-6-4-3-5-7-9/h3-7,10H,2,8H2,1H3/t10-/m1/s1. The number of ether oxygens (including phenoxy) is 1. The molecule has 0 N–H and O–H groups in total. The summed E-state index contributed by atoms with van der Waals surface area (Å²) in [5, 5.41) is 0. The normalized spacial score (nSPS) is 21.0. The molecule has 0 fully saturated rings. The maximum atomic E-state index is 5.49. The average molecular weight is 175 g/mol. The fraction of sp³-hybridized carbons (Fsp3) is 0.364. The van der Waals surface area contributed by atoms with Crippen LogP contribution in [-0.2, 0) is 4.74 Å². The first kappa shape index (κ1) is 8.30. The second-order valence-electron chi connectivity index (χ2n) is 3.17. The number of hydrogen-bond donors (Lipinski definition) is 0. The quantitative estimate of drug-likeness (QED) is 0.675. The van der Waals surface area contributed by atoms with Crippen molar-refractivity contribution in [2.45, 2.75) is 19.4 Å². The van der Waals surface area contributed by atoms with E-state index in [1.165, 1.54) is 0 Å². The third-order valence-electron chi connectivity index (χ3n) is 2.20. The molecule has 13 heavy (non-hydrogen) atoms. The molecule has 0 radical (unpaired) electrons. The van der Waals surface area contributed by atoms with Gasteiger partial charge in [0.1, 0.15) is 6.61 Å². The van der Waals surface area contributed by atoms with Crippen LogP contribution < -0.4 is 0 Å². The van der Waals surface area contributed by atoms with E-state index in [2.05, 4.69) is 11.9 Å². The number of rotatable bonds is 2. The number of benzene rings is 1. The van der Waals surface area contributed by atoms with Crippen LogP contribution in [0.15, 0.2) is 35.3 Å². The highest BCUT2D eigenvalue weighted by molar-refractivity contribution is 5.95. The predicted octanol–water partition coefficient (Wildman–Crippen LogP) is 2.24. The molecule has 1 aromatic rings. The van der Waals surface area contributed by atoms with Crippen molar-refractivity contribution in [3.8, 4) is 0 Å². The summed E-state index contributed by atoms with van der Waals surface area (Å²) in [7, 11) is 0. The van der Waals surface area contributed by atoms with Gasteiger partial charge in [0.05, 0.1) is 6.04 Å². The SMILES string of the molecule is CC[C@@H]1COC(c2ccccc2)=N1. The summed E-state index contributed by atoms with van der Waals surface area (Å²) in [6.07, 6.45) is 1.05. The largest absolute Gasteiger partial charge is 0.475 e. The van der Waals surface area contributed by atoms with Crippen LogP contribution in [-0.4, -0.2) is 18.5 Å². The lowest BCUT2D eigenvalue weighted by Crippen LogP contribution is -2.03. The molecule has 1 atom stereocenters. The van der Waals surface area contributed by atoms with E-state index in [-0.39, 0.29) is 0 Å². The van der Waals surface area contributed by atoms with Gasteiger partial charge in [0.25, 0.3) is 0 Å². The van der Waals surface area contributed by atoms with Gasteiger partial charge in [-0.3, -0.25) is 0 Å². The van der Waals surface area contributed by atoms with Crippen LogP contribution >= 0.6 is 0 Å². The molecule has 2 heteroatoms. The molecule has 1 heterocycles. The highest BCUT2D eigenvalue weighted by Crippen LogP contribution is 2.13. The van der Waals surface area contributed by atoms with Crippen LogP contribution in [0.3, 0.4) is 0 Å². The van der Waals surface area contributed by atoms with Crippen LogP contribution in [0.2, 0.25) is 0 Å². The van der Waals surface area contributed by atoms with Gasteiger partial charge in [-0.1, -0.05) is 25.1 Å². The van der Waals surface area contributed by atoms with E-state index in [0.29, 0.717) is 6.04 Å². The second-order valence-corrected chi connectivity index (χ2v) is 3.17. The molecule has 68 valence electrons. The summed E-state index contributed by atoms with van der Waals surface area (Å²) >= 11 is 0. The molecule has 0 aliphatic carbocycles. The van der Waals surface area contributed by atoms with Gasteiger partial charge in [0.15, 0.2) is 0 Å². The summed E-state index contributed by atoms with van der Waals surface area (Å²) < 4.78 is 5.49. The minimum absolute atomic E-state index is 0.357. The molecule has 0 amide bonds. The summed E-state index contributed by atoms with van der Waals surface area (Å²) in [6.45, 7) is 2.87. The Morgan fingerprint density at radius 3 is 2.77 bits per heavy atom. The van der Waals surface area contributed by atoms with Crippen molar-refractivity contribution in [2.75, 3.05) is 6.61 Å². The summed E-state index contributed by atoms with van der Waals surface area (Å²) in [5.74, 6) is 0.799. The van der Waals surface area contributed by atoms with E-state index in [4.69, 9.17) is 4.74 Å². The fourth-order valence-corrected chi connectivity index (χ4v) is 1.36. The van der Waals surface area contributed by atoms with Gasteiger partial charge in [0, 0.05) is 5.56 Å². The van der Waals surface area contributed by atoms with Gasteiger partial charge in [-0.05, 0) is 18.6 Å². The van der Waals surface area contributed by atoms with Crippen molar-refractivity contribution in [1.29, 1.82) is 0 Å². The Morgan fingerprint density at radius 1 is 1.38 bits per heavy atom. The molecule has 1 aromatic carbocycles. The van der Waals surface area contributed by atoms with Gasteiger partial charge >= 0.3 is 0 Å². The molecule has 1 aliphatic rings. The minimum Gasteiger partial charge on any atom is -0.475 e. The Labute approximate surface area is 78.3 Å². The van der Waals surface area contributed by atoms with Crippen LogP contribution in [0, 0.1) is 0 Å². The second kappa shape index (κ2) is 3.60. The summed E-state index contributed by atoms with van der Waals surface area (Å²) in [5.41, 5.74) is 1.08. The maximum Gasteiger partial charge on any atom is 0.216 e. The van der Waals surface area contributed by atoms with Gasteiger partial charge in [0.2, 0.25) is 5.90 Å². The van der Waals surface area contributed by atoms with Crippen LogP contribution in [0.25, 0.3) is 0 Å². The van der Waals surface area contributed by atoms with Crippen molar-refractivity contribution in [2.24, 2.45) is 4.99 Å². The molecule has 0 unspecified atom stereocenters. The zero-order chi connectivity index (χ0) is 9.10. The monoisotopic (exact) mass is 175 g/mol. The third kappa shape index (κ3) is 1.72. The van der Waals surface area contributed by atoms with E-state index >= 15 is 0 Å². The van der Waals surface area contributed by atoms with E-state index < -0.39 is 0 Å². The maximum absolute atomic E-state index is 5.49. The molecule has 2 nitrogen and oxygen atoms in total. The van der Waals surface area contributed by atoms with Crippen molar-refractivity contribution in [1.82, 2.24) is 0 Å². The highest BCUT2D eigenvalue weighted by atomic mass is 16.5. The van der Waals surface area contributed by atoms with Gasteiger partial charge in [-0.25, -0.2) is 4.99 Å². The third-order valence-corrected chi connectivity index (χ3v) is 2.20. The molecule has 0 spiro atoms. The molecule has 0 bridgehead atoms. The Kier molecular flexibility index (Phi) is 2.30. The van der Waals surface area contributed by atoms with Crippen LogP contribution in [0.4, 0.5) is 0 Å². The molecule has 0 saturated carbocycles. The van der Waals surface area contributed by atoms with Crippen molar-refractivity contribution < 1.29 is 4.74 Å². The topological polar surface area (TPSA) is 21.6 Å². The molecule has 2 rings (SSSR count). The van der Waals surface area contributed by atoms with Crippen LogP contribution in [0.5, 0.6) is 0 Å². The van der Waals surface area contributed by atoms with E-state index in [0.717, 1.165) is 24.5 Å². The molecule has 1 aliphatic heterocycles. The Balaban J connectivity index is 2.19. The lowest BCUT2D eigenvalue weighted by molar-refractivity contribution is 0.315. The summed E-state index contributed by atoms with van der Waals surface area (Å²) in [6, 6.07) is 10.4. The van der Waals surface area contributed by atoms with E-state index in [1.54, 1.807) is 0 Å². The van der Waals surface area contributed by atoms with Crippen molar-refractivity contribution >= 4 is 5.90 Å². The van der Waals surface area contributed by atoms with E-state index in [9.17, 15) is 0 Å². The van der Waals surface area contributed by atoms with Gasteiger partial charge in [-0.2, -0.15) is 0 Å². The molecule has 0 aromatic heterocycles. The number of hydrogen-bond acceptors (Lipinski definition) is 2. The van der Waals surface area contributed by atoms with Gasteiger partial charge in [-0.15, -0.1) is 0 Å². The zero-order valence-corrected chi connectivity index (χ0v) is 7.73. The first-order chi connectivity index (χ1) is 6.40. The van der Waals surface area contributed by atoms with E-state index in [1.807, 2.05) is 30.3 Å². The lowest BCUT2D eigenvalue weighted by atomic mass is 10.2. The fourth-order valence-electron chi connectivity index (χ4n) is 1.36.